The minimum Gasteiger partial charge on any atom is -0.369 e. The Morgan fingerprint density at radius 1 is 1.14 bits per heavy atom. The molecule has 28 heavy (non-hydrogen) atoms. The van der Waals surface area contributed by atoms with Gasteiger partial charge in [-0.25, -0.2) is 4.98 Å². The lowest BCUT2D eigenvalue weighted by atomic mass is 10.1. The summed E-state index contributed by atoms with van der Waals surface area (Å²) in [7, 11) is 0. The van der Waals surface area contributed by atoms with Crippen molar-refractivity contribution in [1.82, 2.24) is 14.8 Å². The number of aryl methyl sites for hydroxylation is 1. The first kappa shape index (κ1) is 20.8. The van der Waals surface area contributed by atoms with Gasteiger partial charge in [-0.2, -0.15) is 0 Å². The number of piperazine rings is 1. The highest BCUT2D eigenvalue weighted by Crippen LogP contribution is 2.19. The number of rotatable bonds is 7. The lowest BCUT2D eigenvalue weighted by Crippen LogP contribution is -2.48. The first-order valence-corrected chi connectivity index (χ1v) is 11.2. The minimum absolute atomic E-state index is 0.140. The van der Waals surface area contributed by atoms with Crippen molar-refractivity contribution in [3.8, 4) is 0 Å². The Morgan fingerprint density at radius 3 is 2.36 bits per heavy atom. The van der Waals surface area contributed by atoms with Gasteiger partial charge >= 0.3 is 0 Å². The third-order valence-corrected chi connectivity index (χ3v) is 6.40. The lowest BCUT2D eigenvalue weighted by molar-refractivity contribution is 0.0627. The van der Waals surface area contributed by atoms with Gasteiger partial charge in [-0.05, 0) is 51.5 Å². The smallest absolute Gasteiger partial charge is 0.253 e. The van der Waals surface area contributed by atoms with E-state index in [2.05, 4.69) is 60.0 Å². The van der Waals surface area contributed by atoms with E-state index < -0.39 is 0 Å². The van der Waals surface area contributed by atoms with E-state index >= 15 is 0 Å². The number of carbonyl (C=O) groups is 1. The monoisotopic (exact) mass is 400 g/mol. The fraction of sp³-hybridized carbons (Fsp3) is 0.545. The third-order valence-electron chi connectivity index (χ3n) is 5.36. The molecule has 0 bridgehead atoms. The summed E-state index contributed by atoms with van der Waals surface area (Å²) in [6.45, 7) is 13.9. The number of anilines is 1. The molecule has 2 heterocycles. The third kappa shape index (κ3) is 4.92. The maximum atomic E-state index is 12.9. The van der Waals surface area contributed by atoms with Crippen molar-refractivity contribution < 1.29 is 4.79 Å². The van der Waals surface area contributed by atoms with Crippen LogP contribution in [0.3, 0.4) is 0 Å². The van der Waals surface area contributed by atoms with Gasteiger partial charge in [0.1, 0.15) is 0 Å². The summed E-state index contributed by atoms with van der Waals surface area (Å²) in [5, 5.41) is 3.36. The predicted molar refractivity (Wildman–Crippen MR) is 117 cm³/mol. The maximum absolute atomic E-state index is 12.9. The first-order chi connectivity index (χ1) is 13.5. The maximum Gasteiger partial charge on any atom is 0.253 e. The molecule has 1 aromatic heterocycles. The van der Waals surface area contributed by atoms with Crippen LogP contribution >= 0.6 is 11.3 Å². The number of hydrogen-bond acceptors (Lipinski definition) is 5. The van der Waals surface area contributed by atoms with E-state index in [1.54, 1.807) is 11.3 Å². The molecule has 1 saturated heterocycles. The zero-order valence-corrected chi connectivity index (χ0v) is 18.3. The summed E-state index contributed by atoms with van der Waals surface area (Å²) in [4.78, 5) is 24.2. The van der Waals surface area contributed by atoms with Crippen LogP contribution in [0.15, 0.2) is 29.6 Å². The summed E-state index contributed by atoms with van der Waals surface area (Å²) >= 11 is 1.74. The zero-order valence-electron chi connectivity index (χ0n) is 17.5. The molecule has 0 N–H and O–H groups in total. The number of thiazole rings is 1. The summed E-state index contributed by atoms with van der Waals surface area (Å²) in [6.07, 6.45) is 0.999. The lowest BCUT2D eigenvalue weighted by Gasteiger charge is -2.34. The van der Waals surface area contributed by atoms with E-state index in [-0.39, 0.29) is 5.91 Å². The van der Waals surface area contributed by atoms with Gasteiger partial charge in [0.25, 0.3) is 5.91 Å². The van der Waals surface area contributed by atoms with E-state index in [4.69, 9.17) is 0 Å². The Morgan fingerprint density at radius 2 is 1.82 bits per heavy atom. The summed E-state index contributed by atoms with van der Waals surface area (Å²) in [6, 6.07) is 8.53. The molecule has 1 aliphatic heterocycles. The topological polar surface area (TPSA) is 39.7 Å². The molecule has 1 aromatic carbocycles. The molecule has 1 aliphatic rings. The Labute approximate surface area is 173 Å². The fourth-order valence-electron chi connectivity index (χ4n) is 3.75. The van der Waals surface area contributed by atoms with Gasteiger partial charge < -0.3 is 9.80 Å². The number of carbonyl (C=O) groups excluding carboxylic acids is 1. The molecule has 0 aliphatic carbocycles. The Balaban J connectivity index is 1.54. The molecule has 152 valence electrons. The highest BCUT2D eigenvalue weighted by molar-refractivity contribution is 7.09. The Kier molecular flexibility index (Phi) is 7.08. The van der Waals surface area contributed by atoms with Crippen molar-refractivity contribution in [2.45, 2.75) is 46.7 Å². The molecule has 0 spiro atoms. The Hall–Kier alpha value is -1.92. The van der Waals surface area contributed by atoms with Gasteiger partial charge in [0.05, 0.1) is 10.7 Å². The van der Waals surface area contributed by atoms with E-state index in [1.165, 1.54) is 10.7 Å². The van der Waals surface area contributed by atoms with Crippen LogP contribution in [0.4, 0.5) is 5.69 Å². The zero-order chi connectivity index (χ0) is 20.1. The first-order valence-electron chi connectivity index (χ1n) is 10.3. The van der Waals surface area contributed by atoms with Gasteiger partial charge in [-0.1, -0.05) is 6.92 Å². The van der Waals surface area contributed by atoms with Gasteiger partial charge in [-0.15, -0.1) is 11.3 Å². The molecule has 1 amide bonds. The van der Waals surface area contributed by atoms with E-state index in [9.17, 15) is 4.79 Å². The van der Waals surface area contributed by atoms with Gasteiger partial charge in [0.2, 0.25) is 0 Å². The number of aromatic nitrogens is 1. The van der Waals surface area contributed by atoms with E-state index in [0.717, 1.165) is 56.9 Å². The van der Waals surface area contributed by atoms with Gasteiger partial charge in [0, 0.05) is 61.9 Å². The van der Waals surface area contributed by atoms with Gasteiger partial charge in [0.15, 0.2) is 0 Å². The van der Waals surface area contributed by atoms with Crippen molar-refractivity contribution in [2.24, 2.45) is 0 Å². The van der Waals surface area contributed by atoms with Crippen molar-refractivity contribution in [3.63, 3.8) is 0 Å². The molecule has 0 radical (unpaired) electrons. The van der Waals surface area contributed by atoms with Crippen molar-refractivity contribution >= 4 is 22.9 Å². The molecule has 0 saturated carbocycles. The van der Waals surface area contributed by atoms with Crippen molar-refractivity contribution in [3.05, 3.63) is 45.9 Å². The largest absolute Gasteiger partial charge is 0.369 e. The predicted octanol–water partition coefficient (Wildman–Crippen LogP) is 3.90. The summed E-state index contributed by atoms with van der Waals surface area (Å²) in [5.74, 6) is 0.140. The average molecular weight is 401 g/mol. The number of benzene rings is 1. The Bertz CT molecular complexity index is 763. The molecule has 0 atom stereocenters. The standard InChI is InChI=1S/C22H32N4OS/c1-5-21-23-19(16-28-21)15-24-11-13-25(14-12-24)22(27)18-7-9-20(10-8-18)26(6-2)17(3)4/h7-10,16-17H,5-6,11-15H2,1-4H3. The molecule has 5 nitrogen and oxygen atoms in total. The molecule has 6 heteroatoms. The molecule has 0 unspecified atom stereocenters. The number of nitrogens with zero attached hydrogens (tertiary/aromatic N) is 4. The highest BCUT2D eigenvalue weighted by Gasteiger charge is 2.23. The minimum atomic E-state index is 0.140. The van der Waals surface area contributed by atoms with Crippen LogP contribution in [0, 0.1) is 0 Å². The molecule has 1 fully saturated rings. The van der Waals surface area contributed by atoms with Crippen LogP contribution in [0.5, 0.6) is 0 Å². The molecule has 2 aromatic rings. The van der Waals surface area contributed by atoms with Crippen molar-refractivity contribution in [1.29, 1.82) is 0 Å². The van der Waals surface area contributed by atoms with Gasteiger partial charge in [-0.3, -0.25) is 9.69 Å². The van der Waals surface area contributed by atoms with Crippen LogP contribution < -0.4 is 4.90 Å². The van der Waals surface area contributed by atoms with E-state index in [1.807, 2.05) is 17.0 Å². The SMILES string of the molecule is CCc1nc(CN2CCN(C(=O)c3ccc(N(CC)C(C)C)cc3)CC2)cs1. The van der Waals surface area contributed by atoms with Crippen molar-refractivity contribution in [2.75, 3.05) is 37.6 Å². The van der Waals surface area contributed by atoms with Crippen LogP contribution in [-0.4, -0.2) is 59.5 Å². The number of hydrogen-bond donors (Lipinski definition) is 0. The molecule has 3 rings (SSSR count). The molecular formula is C22H32N4OS. The van der Waals surface area contributed by atoms with E-state index in [0.29, 0.717) is 6.04 Å². The second-order valence-corrected chi connectivity index (χ2v) is 8.52. The number of amides is 1. The second kappa shape index (κ2) is 9.52. The second-order valence-electron chi connectivity index (χ2n) is 7.58. The van der Waals surface area contributed by atoms with Crippen LogP contribution in [0.2, 0.25) is 0 Å². The summed E-state index contributed by atoms with van der Waals surface area (Å²) in [5.41, 5.74) is 3.11. The van der Waals surface area contributed by atoms with Crippen LogP contribution in [0.1, 0.15) is 48.8 Å². The normalized spacial score (nSPS) is 15.2. The highest BCUT2D eigenvalue weighted by atomic mass is 32.1. The molecular weight excluding hydrogens is 368 g/mol. The fourth-order valence-corrected chi connectivity index (χ4v) is 4.48. The quantitative estimate of drug-likeness (QED) is 0.707. The van der Waals surface area contributed by atoms with Crippen LogP contribution in [-0.2, 0) is 13.0 Å². The summed E-state index contributed by atoms with van der Waals surface area (Å²) < 4.78 is 0. The van der Waals surface area contributed by atoms with Crippen LogP contribution in [0.25, 0.3) is 0 Å². The average Bonchev–Trinajstić information content (AvgIpc) is 3.16.